The lowest BCUT2D eigenvalue weighted by atomic mass is 10.1. The number of imidazole rings is 1. The van der Waals surface area contributed by atoms with Gasteiger partial charge in [-0.25, -0.2) is 9.97 Å². The van der Waals surface area contributed by atoms with Gasteiger partial charge in [-0.05, 0) is 74.1 Å². The van der Waals surface area contributed by atoms with Gasteiger partial charge in [-0.1, -0.05) is 26.0 Å². The number of nitriles is 1. The Morgan fingerprint density at radius 1 is 1.24 bits per heavy atom. The van der Waals surface area contributed by atoms with E-state index >= 15 is 0 Å². The van der Waals surface area contributed by atoms with E-state index in [1.165, 1.54) is 23.6 Å². The molecule has 3 N–H and O–H groups in total. The Morgan fingerprint density at radius 3 is 2.76 bits per heavy atom. The number of nitrogens with zero attached hydrogens (tertiary/aromatic N) is 5. The molecule has 2 amide bonds. The molecule has 10 nitrogen and oxygen atoms in total. The molecule has 0 aliphatic carbocycles. The summed E-state index contributed by atoms with van der Waals surface area (Å²) in [5.41, 5.74) is 2.34. The second-order valence-corrected chi connectivity index (χ2v) is 13.6. The zero-order valence-electron chi connectivity index (χ0n) is 26.4. The maximum atomic E-state index is 13.7. The summed E-state index contributed by atoms with van der Waals surface area (Å²) in [5, 5.41) is 26.0. The number of allylic oxidation sites excluding steroid dienone is 1. The Bertz CT molecular complexity index is 1810. The fourth-order valence-electron chi connectivity index (χ4n) is 5.56. The normalized spacial score (nSPS) is 15.5. The number of nitrogens with one attached hydrogen (secondary N) is 2. The van der Waals surface area contributed by atoms with E-state index in [0.29, 0.717) is 48.1 Å². The van der Waals surface area contributed by atoms with Crippen molar-refractivity contribution < 1.29 is 19.1 Å². The lowest BCUT2D eigenvalue weighted by Crippen LogP contribution is -2.39. The molecular weight excluding hydrogens is 605 g/mol. The summed E-state index contributed by atoms with van der Waals surface area (Å²) in [5.74, 6) is -0.847. The number of hydrogen-bond donors (Lipinski definition) is 3. The van der Waals surface area contributed by atoms with Crippen LogP contribution in [0.15, 0.2) is 60.3 Å². The fraction of sp³-hybridized carbons (Fsp3) is 0.382. The molecule has 0 unspecified atom stereocenters. The van der Waals surface area contributed by atoms with Crippen LogP contribution in [0, 0.1) is 23.2 Å². The van der Waals surface area contributed by atoms with E-state index < -0.39 is 11.5 Å². The highest BCUT2D eigenvalue weighted by molar-refractivity contribution is 7.17. The Labute approximate surface area is 271 Å². The van der Waals surface area contributed by atoms with Crippen molar-refractivity contribution in [2.45, 2.75) is 65.3 Å². The maximum absolute atomic E-state index is 13.7. The monoisotopic (exact) mass is 643 g/mol. The predicted molar refractivity (Wildman–Crippen MR) is 176 cm³/mol. The van der Waals surface area contributed by atoms with Gasteiger partial charge >= 0.3 is 0 Å². The molecular formula is C34H38FN7O3S. The molecule has 1 aliphatic rings. The maximum Gasteiger partial charge on any atom is 0.268 e. The van der Waals surface area contributed by atoms with Crippen molar-refractivity contribution in [3.63, 3.8) is 0 Å². The Morgan fingerprint density at radius 2 is 2.04 bits per heavy atom. The van der Waals surface area contributed by atoms with Gasteiger partial charge in [0.1, 0.15) is 11.6 Å². The van der Waals surface area contributed by atoms with Crippen molar-refractivity contribution >= 4 is 40.1 Å². The number of fused-ring (bicyclic) bond motifs is 1. The molecule has 4 aromatic rings. The molecule has 12 heteroatoms. The molecule has 240 valence electrons. The molecule has 4 heterocycles. The molecule has 0 spiro atoms. The number of carbonyl (C=O) groups excluding carboxylic acids is 2. The third-order valence-corrected chi connectivity index (χ3v) is 8.78. The van der Waals surface area contributed by atoms with Crippen LogP contribution in [0.5, 0.6) is 0 Å². The van der Waals surface area contributed by atoms with Crippen LogP contribution in [0.4, 0.5) is 10.3 Å². The van der Waals surface area contributed by atoms with Gasteiger partial charge in [0.05, 0.1) is 27.6 Å². The zero-order chi connectivity index (χ0) is 33.0. The molecule has 3 aromatic heterocycles. The van der Waals surface area contributed by atoms with Crippen LogP contribution in [0.1, 0.15) is 55.8 Å². The number of likely N-dealkylation sites (tertiary alicyclic amines) is 1. The number of aromatic nitrogens is 3. The summed E-state index contributed by atoms with van der Waals surface area (Å²) in [6.07, 6.45) is 4.62. The van der Waals surface area contributed by atoms with Crippen molar-refractivity contribution in [2.24, 2.45) is 5.92 Å². The molecule has 1 atom stereocenters. The van der Waals surface area contributed by atoms with Crippen LogP contribution in [0.2, 0.25) is 0 Å². The lowest BCUT2D eigenvalue weighted by Gasteiger charge is -2.26. The summed E-state index contributed by atoms with van der Waals surface area (Å²) in [6.45, 7) is 9.18. The molecule has 0 saturated carbocycles. The first-order valence-electron chi connectivity index (χ1n) is 15.3. The number of hydrogen-bond acceptors (Lipinski definition) is 8. The number of anilines is 1. The number of carbonyl (C=O) groups is 2. The number of rotatable bonds is 11. The topological polar surface area (TPSA) is 136 Å². The summed E-state index contributed by atoms with van der Waals surface area (Å²) >= 11 is 1.23. The van der Waals surface area contributed by atoms with Crippen molar-refractivity contribution in [3.8, 4) is 16.5 Å². The Balaban J connectivity index is 1.45. The minimum Gasteiger partial charge on any atom is -0.389 e. The van der Waals surface area contributed by atoms with E-state index in [4.69, 9.17) is 4.98 Å². The van der Waals surface area contributed by atoms with E-state index in [1.54, 1.807) is 43.0 Å². The van der Waals surface area contributed by atoms with Crippen molar-refractivity contribution in [1.82, 2.24) is 24.8 Å². The average Bonchev–Trinajstić information content (AvgIpc) is 3.74. The summed E-state index contributed by atoms with van der Waals surface area (Å²) in [4.78, 5) is 38.2. The predicted octanol–water partition coefficient (Wildman–Crippen LogP) is 5.51. The van der Waals surface area contributed by atoms with Gasteiger partial charge in [0.2, 0.25) is 11.9 Å². The first kappa shape index (κ1) is 32.9. The largest absolute Gasteiger partial charge is 0.389 e. The highest BCUT2D eigenvalue weighted by atomic mass is 32.1. The SMILES string of the molecule is CC(C)C=C(C#N)C(=O)N1CCC[C@@H]1Cn1c(NC(=O)c2ccc(-c3ccnc(F)c3)s2)nc2cc(CNCC(C)(C)O)ccc21. The van der Waals surface area contributed by atoms with E-state index in [2.05, 4.69) is 21.7 Å². The number of halogens is 1. The number of thiophene rings is 1. The Hall–Kier alpha value is -4.44. The van der Waals surface area contributed by atoms with Crippen LogP contribution in [-0.4, -0.2) is 61.1 Å². The molecule has 1 saturated heterocycles. The highest BCUT2D eigenvalue weighted by Crippen LogP contribution is 2.30. The van der Waals surface area contributed by atoms with Gasteiger partial charge in [0, 0.05) is 43.3 Å². The quantitative estimate of drug-likeness (QED) is 0.111. The van der Waals surface area contributed by atoms with E-state index in [9.17, 15) is 24.3 Å². The first-order valence-corrected chi connectivity index (χ1v) is 16.1. The minimum atomic E-state index is -0.850. The molecule has 0 radical (unpaired) electrons. The molecule has 46 heavy (non-hydrogen) atoms. The van der Waals surface area contributed by atoms with Crippen molar-refractivity contribution in [2.75, 3.05) is 18.4 Å². The van der Waals surface area contributed by atoms with E-state index in [0.717, 1.165) is 28.8 Å². The van der Waals surface area contributed by atoms with Gasteiger partial charge in [-0.3, -0.25) is 14.9 Å². The van der Waals surface area contributed by atoms with E-state index in [-0.39, 0.29) is 29.3 Å². The summed E-state index contributed by atoms with van der Waals surface area (Å²) in [6, 6.07) is 14.2. The van der Waals surface area contributed by atoms with Gasteiger partial charge in [0.25, 0.3) is 11.8 Å². The third-order valence-electron chi connectivity index (χ3n) is 7.65. The van der Waals surface area contributed by atoms with Crippen LogP contribution < -0.4 is 10.6 Å². The summed E-state index contributed by atoms with van der Waals surface area (Å²) in [7, 11) is 0. The number of aliphatic hydroxyl groups is 1. The van der Waals surface area contributed by atoms with Gasteiger partial charge in [-0.2, -0.15) is 9.65 Å². The standard InChI is InChI=1S/C34H38FN7O3S/c1-21(2)14-24(17-36)32(44)41-13-5-6-25(41)19-42-27-8-7-22(18-37-20-34(3,4)45)15-26(27)39-33(42)40-31(43)29-10-9-28(46-29)23-11-12-38-30(35)16-23/h7-12,14-16,21,25,37,45H,5-6,13,18-20H2,1-4H3,(H,39,40,43)/t25-/m1/s1. The van der Waals surface area contributed by atoms with Crippen molar-refractivity contribution in [1.29, 1.82) is 5.26 Å². The van der Waals surface area contributed by atoms with Gasteiger partial charge < -0.3 is 19.9 Å². The number of amides is 2. The smallest absolute Gasteiger partial charge is 0.268 e. The van der Waals surface area contributed by atoms with Gasteiger partial charge in [0.15, 0.2) is 0 Å². The minimum absolute atomic E-state index is 0.0570. The van der Waals surface area contributed by atoms with Crippen LogP contribution >= 0.6 is 11.3 Å². The van der Waals surface area contributed by atoms with Crippen LogP contribution in [0.25, 0.3) is 21.5 Å². The number of benzene rings is 1. The third kappa shape index (κ3) is 7.85. The van der Waals surface area contributed by atoms with Gasteiger partial charge in [-0.15, -0.1) is 11.3 Å². The first-order chi connectivity index (χ1) is 21.9. The average molecular weight is 644 g/mol. The van der Waals surface area contributed by atoms with Crippen molar-refractivity contribution in [3.05, 3.63) is 76.7 Å². The molecule has 0 bridgehead atoms. The molecule has 1 aliphatic heterocycles. The van der Waals surface area contributed by atoms with Crippen LogP contribution in [0.3, 0.4) is 0 Å². The Kier molecular flexibility index (Phi) is 9.96. The highest BCUT2D eigenvalue weighted by Gasteiger charge is 2.32. The van der Waals surface area contributed by atoms with Crippen LogP contribution in [-0.2, 0) is 17.9 Å². The molecule has 5 rings (SSSR count). The van der Waals surface area contributed by atoms with E-state index in [1.807, 2.05) is 36.6 Å². The molecule has 1 fully saturated rings. The second kappa shape index (κ2) is 13.9. The molecule has 1 aromatic carbocycles. The summed E-state index contributed by atoms with van der Waals surface area (Å²) < 4.78 is 15.6. The lowest BCUT2D eigenvalue weighted by molar-refractivity contribution is -0.127. The second-order valence-electron chi connectivity index (χ2n) is 12.5. The number of pyridine rings is 1. The zero-order valence-corrected chi connectivity index (χ0v) is 27.2. The fourth-order valence-corrected chi connectivity index (χ4v) is 6.46.